The van der Waals surface area contributed by atoms with Crippen LogP contribution in [0.2, 0.25) is 0 Å². The number of carboxylic acids is 1. The van der Waals surface area contributed by atoms with E-state index in [1.54, 1.807) is 0 Å². The third kappa shape index (κ3) is 3.27. The molecule has 0 aromatic heterocycles. The van der Waals surface area contributed by atoms with Crippen molar-refractivity contribution in [3.05, 3.63) is 35.9 Å². The van der Waals surface area contributed by atoms with E-state index in [0.717, 1.165) is 39.1 Å². The average molecular weight is 288 g/mol. The molecule has 1 aromatic rings. The van der Waals surface area contributed by atoms with Crippen LogP contribution in [-0.2, 0) is 11.3 Å². The number of benzene rings is 1. The number of nitrogens with zero attached hydrogens (tertiary/aromatic N) is 2. The van der Waals surface area contributed by atoms with Gasteiger partial charge in [0.05, 0.1) is 5.92 Å². The van der Waals surface area contributed by atoms with Crippen molar-refractivity contribution in [1.29, 1.82) is 0 Å². The predicted octanol–water partition coefficient (Wildman–Crippen LogP) is 1.91. The quantitative estimate of drug-likeness (QED) is 0.919. The van der Waals surface area contributed by atoms with E-state index >= 15 is 0 Å². The number of likely N-dealkylation sites (tertiary alicyclic amines) is 2. The van der Waals surface area contributed by atoms with Crippen LogP contribution in [0.4, 0.5) is 0 Å². The summed E-state index contributed by atoms with van der Waals surface area (Å²) >= 11 is 0. The summed E-state index contributed by atoms with van der Waals surface area (Å²) in [7, 11) is 0. The third-order valence-corrected chi connectivity index (χ3v) is 4.97. The second-order valence-corrected chi connectivity index (χ2v) is 6.54. The van der Waals surface area contributed by atoms with Crippen LogP contribution in [0.1, 0.15) is 18.9 Å². The van der Waals surface area contributed by atoms with Crippen molar-refractivity contribution >= 4 is 5.97 Å². The molecule has 1 aromatic carbocycles. The number of hydrogen-bond acceptors (Lipinski definition) is 3. The van der Waals surface area contributed by atoms with Gasteiger partial charge in [-0.25, -0.2) is 0 Å². The van der Waals surface area contributed by atoms with Gasteiger partial charge in [-0.1, -0.05) is 37.3 Å². The maximum atomic E-state index is 11.2. The molecule has 0 radical (unpaired) electrons. The Hall–Kier alpha value is -1.39. The van der Waals surface area contributed by atoms with Crippen molar-refractivity contribution in [3.8, 4) is 0 Å². The van der Waals surface area contributed by atoms with Gasteiger partial charge in [-0.3, -0.25) is 14.6 Å². The zero-order valence-corrected chi connectivity index (χ0v) is 12.6. The average Bonchev–Trinajstić information content (AvgIpc) is 3.06. The van der Waals surface area contributed by atoms with Crippen LogP contribution in [0.15, 0.2) is 30.3 Å². The van der Waals surface area contributed by atoms with Crippen LogP contribution in [-0.4, -0.2) is 53.1 Å². The van der Waals surface area contributed by atoms with E-state index in [9.17, 15) is 9.90 Å². The maximum Gasteiger partial charge on any atom is 0.308 e. The maximum absolute atomic E-state index is 11.2. The van der Waals surface area contributed by atoms with Crippen molar-refractivity contribution < 1.29 is 9.90 Å². The minimum atomic E-state index is -0.635. The van der Waals surface area contributed by atoms with Crippen molar-refractivity contribution in [1.82, 2.24) is 9.80 Å². The molecule has 21 heavy (non-hydrogen) atoms. The third-order valence-electron chi connectivity index (χ3n) is 4.97. The first-order valence-electron chi connectivity index (χ1n) is 7.86. The molecule has 0 aliphatic carbocycles. The van der Waals surface area contributed by atoms with Gasteiger partial charge >= 0.3 is 5.97 Å². The molecular formula is C17H24N2O2. The van der Waals surface area contributed by atoms with Gasteiger partial charge in [-0.2, -0.15) is 0 Å². The minimum Gasteiger partial charge on any atom is -0.481 e. The summed E-state index contributed by atoms with van der Waals surface area (Å²) in [5, 5.41) is 9.25. The summed E-state index contributed by atoms with van der Waals surface area (Å²) in [5.41, 5.74) is 1.36. The minimum absolute atomic E-state index is 0.187. The first kappa shape index (κ1) is 14.5. The summed E-state index contributed by atoms with van der Waals surface area (Å²) in [6.07, 6.45) is 1.16. The molecule has 0 saturated carbocycles. The van der Waals surface area contributed by atoms with Gasteiger partial charge in [0.2, 0.25) is 0 Å². The lowest BCUT2D eigenvalue weighted by Gasteiger charge is -2.24. The van der Waals surface area contributed by atoms with Crippen molar-refractivity contribution in [2.24, 2.45) is 11.8 Å². The highest BCUT2D eigenvalue weighted by Crippen LogP contribution is 2.28. The highest BCUT2D eigenvalue weighted by atomic mass is 16.4. The molecule has 2 heterocycles. The van der Waals surface area contributed by atoms with E-state index in [0.29, 0.717) is 6.04 Å². The monoisotopic (exact) mass is 288 g/mol. The van der Waals surface area contributed by atoms with Crippen LogP contribution in [0, 0.1) is 11.8 Å². The Morgan fingerprint density at radius 3 is 2.67 bits per heavy atom. The van der Waals surface area contributed by atoms with Crippen molar-refractivity contribution in [3.63, 3.8) is 0 Å². The summed E-state index contributed by atoms with van der Waals surface area (Å²) < 4.78 is 0. The lowest BCUT2D eigenvalue weighted by molar-refractivity contribution is -0.142. The number of aliphatic carboxylic acids is 1. The van der Waals surface area contributed by atoms with Crippen LogP contribution in [0.5, 0.6) is 0 Å². The molecule has 1 N–H and O–H groups in total. The van der Waals surface area contributed by atoms with E-state index < -0.39 is 5.97 Å². The predicted molar refractivity (Wildman–Crippen MR) is 82.0 cm³/mol. The van der Waals surface area contributed by atoms with Crippen LogP contribution in [0.3, 0.4) is 0 Å². The molecule has 1 unspecified atom stereocenters. The molecule has 4 heteroatoms. The molecule has 2 aliphatic heterocycles. The topological polar surface area (TPSA) is 43.8 Å². The van der Waals surface area contributed by atoms with E-state index in [1.165, 1.54) is 5.56 Å². The fraction of sp³-hybridized carbons (Fsp3) is 0.588. The van der Waals surface area contributed by atoms with Gasteiger partial charge in [0.15, 0.2) is 0 Å². The lowest BCUT2D eigenvalue weighted by atomic mass is 9.99. The molecule has 3 rings (SSSR count). The molecule has 0 spiro atoms. The Kier molecular flexibility index (Phi) is 4.27. The van der Waals surface area contributed by atoms with E-state index in [1.807, 2.05) is 6.07 Å². The van der Waals surface area contributed by atoms with Gasteiger partial charge < -0.3 is 5.11 Å². The largest absolute Gasteiger partial charge is 0.481 e. The molecule has 4 nitrogen and oxygen atoms in total. The summed E-state index contributed by atoms with van der Waals surface area (Å²) in [6.45, 7) is 6.90. The Labute approximate surface area is 126 Å². The molecule has 2 aliphatic rings. The number of carbonyl (C=O) groups is 1. The fourth-order valence-corrected chi connectivity index (χ4v) is 3.72. The Morgan fingerprint density at radius 2 is 2.00 bits per heavy atom. The van der Waals surface area contributed by atoms with Gasteiger partial charge in [0, 0.05) is 38.8 Å². The SMILES string of the molecule is C[C@@H]1CN(C2CCN(Cc3ccccc3)C2)C[C@H]1C(=O)O. The normalized spacial score (nSPS) is 30.8. The zero-order valence-electron chi connectivity index (χ0n) is 12.6. The van der Waals surface area contributed by atoms with E-state index in [4.69, 9.17) is 0 Å². The molecule has 2 fully saturated rings. The molecule has 3 atom stereocenters. The molecular weight excluding hydrogens is 264 g/mol. The van der Waals surface area contributed by atoms with Crippen LogP contribution < -0.4 is 0 Å². The van der Waals surface area contributed by atoms with Gasteiger partial charge in [-0.05, 0) is 17.9 Å². The van der Waals surface area contributed by atoms with Crippen LogP contribution >= 0.6 is 0 Å². The number of rotatable bonds is 4. The Bertz CT molecular complexity index is 491. The number of hydrogen-bond donors (Lipinski definition) is 1. The molecule has 0 amide bonds. The van der Waals surface area contributed by atoms with Crippen molar-refractivity contribution in [2.45, 2.75) is 25.9 Å². The van der Waals surface area contributed by atoms with E-state index in [-0.39, 0.29) is 11.8 Å². The van der Waals surface area contributed by atoms with Crippen LogP contribution in [0.25, 0.3) is 0 Å². The highest BCUT2D eigenvalue weighted by molar-refractivity contribution is 5.71. The second-order valence-electron chi connectivity index (χ2n) is 6.54. The zero-order chi connectivity index (χ0) is 14.8. The molecule has 114 valence electrons. The van der Waals surface area contributed by atoms with Gasteiger partial charge in [0.25, 0.3) is 0 Å². The standard InChI is InChI=1S/C17H24N2O2/c1-13-9-19(12-16(13)17(20)21)15-7-8-18(11-15)10-14-5-3-2-4-6-14/h2-6,13,15-16H,7-12H2,1H3,(H,20,21)/t13-,15?,16-/m1/s1. The smallest absolute Gasteiger partial charge is 0.308 e. The molecule has 0 bridgehead atoms. The second kappa shape index (κ2) is 6.16. The van der Waals surface area contributed by atoms with Gasteiger partial charge in [-0.15, -0.1) is 0 Å². The Morgan fingerprint density at radius 1 is 1.24 bits per heavy atom. The fourth-order valence-electron chi connectivity index (χ4n) is 3.72. The summed E-state index contributed by atoms with van der Waals surface area (Å²) in [4.78, 5) is 16.1. The molecule has 2 saturated heterocycles. The lowest BCUT2D eigenvalue weighted by Crippen LogP contribution is -2.36. The first-order valence-corrected chi connectivity index (χ1v) is 7.86. The highest BCUT2D eigenvalue weighted by Gasteiger charge is 2.39. The first-order chi connectivity index (χ1) is 10.1. The van der Waals surface area contributed by atoms with E-state index in [2.05, 4.69) is 41.0 Å². The van der Waals surface area contributed by atoms with Gasteiger partial charge in [0.1, 0.15) is 0 Å². The Balaban J connectivity index is 1.54. The summed E-state index contributed by atoms with van der Waals surface area (Å²) in [6, 6.07) is 11.1. The number of carboxylic acid groups (broad SMARTS) is 1. The van der Waals surface area contributed by atoms with Crippen molar-refractivity contribution in [2.75, 3.05) is 26.2 Å². The summed E-state index contributed by atoms with van der Waals surface area (Å²) in [5.74, 6) is -0.553.